The van der Waals surface area contributed by atoms with Gasteiger partial charge in [-0.2, -0.15) is 0 Å². The molecule has 2 atom stereocenters. The van der Waals surface area contributed by atoms with E-state index < -0.39 is 5.97 Å². The normalized spacial score (nSPS) is 24.7. The molecule has 0 aromatic heterocycles. The summed E-state index contributed by atoms with van der Waals surface area (Å²) in [4.78, 5) is 13.5. The number of likely N-dealkylation sites (tertiary alicyclic amines) is 1. The first kappa shape index (κ1) is 17.0. The van der Waals surface area contributed by atoms with Gasteiger partial charge in [-0.25, -0.2) is 0 Å². The van der Waals surface area contributed by atoms with Crippen LogP contribution in [0.5, 0.6) is 0 Å². The van der Waals surface area contributed by atoms with E-state index in [0.29, 0.717) is 6.42 Å². The van der Waals surface area contributed by atoms with Crippen LogP contribution in [0.15, 0.2) is 30.3 Å². The van der Waals surface area contributed by atoms with Crippen molar-refractivity contribution < 1.29 is 9.90 Å². The monoisotopic (exact) mass is 297 g/mol. The van der Waals surface area contributed by atoms with E-state index >= 15 is 0 Å². The highest BCUT2D eigenvalue weighted by Gasteiger charge is 2.36. The molecule has 20 heavy (non-hydrogen) atoms. The first-order valence-electron chi connectivity index (χ1n) is 7.09. The van der Waals surface area contributed by atoms with E-state index in [1.165, 1.54) is 5.56 Å². The molecule has 0 aliphatic carbocycles. The third-order valence-electron chi connectivity index (χ3n) is 4.31. The molecule has 1 fully saturated rings. The van der Waals surface area contributed by atoms with Gasteiger partial charge in [0.1, 0.15) is 6.04 Å². The van der Waals surface area contributed by atoms with E-state index in [9.17, 15) is 9.90 Å². The molecule has 112 valence electrons. The summed E-state index contributed by atoms with van der Waals surface area (Å²) in [6.45, 7) is 5.94. The minimum Gasteiger partial charge on any atom is -0.480 e. The maximum absolute atomic E-state index is 11.3. The van der Waals surface area contributed by atoms with E-state index in [4.69, 9.17) is 0 Å². The summed E-state index contributed by atoms with van der Waals surface area (Å²) in [5.41, 5.74) is 1.39. The van der Waals surface area contributed by atoms with Gasteiger partial charge < -0.3 is 5.11 Å². The number of halogens is 1. The number of aliphatic carboxylic acids is 1. The molecule has 2 unspecified atom stereocenters. The van der Waals surface area contributed by atoms with Crippen LogP contribution in [-0.2, 0) is 10.2 Å². The third kappa shape index (κ3) is 3.53. The number of hydrogen-bond acceptors (Lipinski definition) is 2. The first-order chi connectivity index (χ1) is 9.07. The maximum atomic E-state index is 11.3. The molecule has 3 nitrogen and oxygen atoms in total. The Morgan fingerprint density at radius 2 is 2.05 bits per heavy atom. The molecule has 4 heteroatoms. The molecule has 1 heterocycles. The lowest BCUT2D eigenvalue weighted by atomic mass is 9.75. The molecule has 1 aliphatic rings. The van der Waals surface area contributed by atoms with Gasteiger partial charge >= 0.3 is 5.97 Å². The lowest BCUT2D eigenvalue weighted by Crippen LogP contribution is -2.51. The van der Waals surface area contributed by atoms with Crippen molar-refractivity contribution in [1.29, 1.82) is 0 Å². The Balaban J connectivity index is 0.00000200. The van der Waals surface area contributed by atoms with Gasteiger partial charge in [0, 0.05) is 12.0 Å². The van der Waals surface area contributed by atoms with Crippen LogP contribution in [0.3, 0.4) is 0 Å². The molecule has 1 aromatic carbocycles. The number of nitrogens with zero attached hydrogens (tertiary/aromatic N) is 1. The zero-order chi connectivity index (χ0) is 13.9. The summed E-state index contributed by atoms with van der Waals surface area (Å²) in [6.07, 6.45) is 2.86. The van der Waals surface area contributed by atoms with Crippen molar-refractivity contribution >= 4 is 18.4 Å². The molecular weight excluding hydrogens is 274 g/mol. The number of carboxylic acid groups (broad SMARTS) is 1. The van der Waals surface area contributed by atoms with E-state index in [2.05, 4.69) is 36.1 Å². The zero-order valence-electron chi connectivity index (χ0n) is 12.2. The summed E-state index contributed by atoms with van der Waals surface area (Å²) < 4.78 is 0. The summed E-state index contributed by atoms with van der Waals surface area (Å²) in [5.74, 6) is -0.695. The number of hydrogen-bond donors (Lipinski definition) is 1. The summed E-state index contributed by atoms with van der Waals surface area (Å²) in [7, 11) is 0. The van der Waals surface area contributed by atoms with Gasteiger partial charge in [0.25, 0.3) is 0 Å². The average Bonchev–Trinajstić information content (AvgIpc) is 2.40. The second-order valence-corrected chi connectivity index (χ2v) is 5.76. The molecule has 1 saturated heterocycles. The Hall–Kier alpha value is -1.06. The highest BCUT2D eigenvalue weighted by molar-refractivity contribution is 5.85. The largest absolute Gasteiger partial charge is 0.480 e. The van der Waals surface area contributed by atoms with Crippen LogP contribution in [0, 0.1) is 0 Å². The van der Waals surface area contributed by atoms with Gasteiger partial charge in [-0.3, -0.25) is 9.69 Å². The summed E-state index contributed by atoms with van der Waals surface area (Å²) in [6, 6.07) is 10.1. The molecule has 0 spiro atoms. The lowest BCUT2D eigenvalue weighted by molar-refractivity contribution is -0.144. The molecule has 2 rings (SSSR count). The summed E-state index contributed by atoms with van der Waals surface area (Å²) >= 11 is 0. The number of carbonyl (C=O) groups is 1. The Kier molecular flexibility index (Phi) is 6.03. The van der Waals surface area contributed by atoms with Crippen molar-refractivity contribution in [2.45, 2.75) is 44.6 Å². The number of rotatable bonds is 4. The Labute approximate surface area is 127 Å². The van der Waals surface area contributed by atoms with Crippen LogP contribution in [0.1, 0.15) is 38.7 Å². The van der Waals surface area contributed by atoms with Gasteiger partial charge in [-0.15, -0.1) is 12.4 Å². The summed E-state index contributed by atoms with van der Waals surface area (Å²) in [5, 5.41) is 9.32. The second-order valence-electron chi connectivity index (χ2n) is 5.76. The van der Waals surface area contributed by atoms with Crippen LogP contribution >= 0.6 is 12.4 Å². The van der Waals surface area contributed by atoms with E-state index in [1.54, 1.807) is 0 Å². The van der Waals surface area contributed by atoms with E-state index in [-0.39, 0.29) is 23.9 Å². The minimum atomic E-state index is -0.695. The van der Waals surface area contributed by atoms with Crippen molar-refractivity contribution in [3.8, 4) is 0 Å². The second kappa shape index (κ2) is 7.09. The fourth-order valence-corrected chi connectivity index (χ4v) is 3.21. The highest BCUT2D eigenvalue weighted by Crippen LogP contribution is 2.34. The van der Waals surface area contributed by atoms with E-state index in [1.807, 2.05) is 13.0 Å². The number of benzene rings is 1. The Morgan fingerprint density at radius 1 is 1.40 bits per heavy atom. The molecule has 0 radical (unpaired) electrons. The van der Waals surface area contributed by atoms with Crippen LogP contribution in [-0.4, -0.2) is 35.1 Å². The topological polar surface area (TPSA) is 40.5 Å². The fourth-order valence-electron chi connectivity index (χ4n) is 3.21. The molecular formula is C16H24ClNO2. The van der Waals surface area contributed by atoms with Crippen molar-refractivity contribution in [1.82, 2.24) is 4.90 Å². The molecule has 1 N–H and O–H groups in total. The van der Waals surface area contributed by atoms with Crippen molar-refractivity contribution in [2.24, 2.45) is 0 Å². The lowest BCUT2D eigenvalue weighted by Gasteiger charge is -2.43. The minimum absolute atomic E-state index is 0. The van der Waals surface area contributed by atoms with Crippen LogP contribution < -0.4 is 0 Å². The Bertz CT molecular complexity index is 437. The zero-order valence-corrected chi connectivity index (χ0v) is 13.0. The third-order valence-corrected chi connectivity index (χ3v) is 4.31. The quantitative estimate of drug-likeness (QED) is 0.927. The molecule has 0 bridgehead atoms. The SMILES string of the molecule is CCC(C(=O)O)N1CCCC(C)(c2ccccc2)C1.Cl. The van der Waals surface area contributed by atoms with Crippen LogP contribution in [0.25, 0.3) is 0 Å². The van der Waals surface area contributed by atoms with Gasteiger partial charge in [0.2, 0.25) is 0 Å². The van der Waals surface area contributed by atoms with Gasteiger partial charge in [-0.05, 0) is 31.4 Å². The molecule has 1 aliphatic heterocycles. The predicted molar refractivity (Wildman–Crippen MR) is 83.6 cm³/mol. The maximum Gasteiger partial charge on any atom is 0.320 e. The van der Waals surface area contributed by atoms with Gasteiger partial charge in [0.15, 0.2) is 0 Å². The first-order valence-corrected chi connectivity index (χ1v) is 7.09. The van der Waals surface area contributed by atoms with Gasteiger partial charge in [-0.1, -0.05) is 44.2 Å². The number of carboxylic acids is 1. The fraction of sp³-hybridized carbons (Fsp3) is 0.562. The average molecular weight is 298 g/mol. The van der Waals surface area contributed by atoms with Crippen molar-refractivity contribution in [3.05, 3.63) is 35.9 Å². The number of piperidine rings is 1. The van der Waals surface area contributed by atoms with Crippen LogP contribution in [0.2, 0.25) is 0 Å². The molecule has 0 amide bonds. The van der Waals surface area contributed by atoms with E-state index in [0.717, 1.165) is 25.9 Å². The standard InChI is InChI=1S/C16H23NO2.ClH/c1-3-14(15(18)19)17-11-7-10-16(2,12-17)13-8-5-4-6-9-13;/h4-6,8-9,14H,3,7,10-12H2,1-2H3,(H,18,19);1H. The van der Waals surface area contributed by atoms with Gasteiger partial charge in [0.05, 0.1) is 0 Å². The van der Waals surface area contributed by atoms with Crippen LogP contribution in [0.4, 0.5) is 0 Å². The smallest absolute Gasteiger partial charge is 0.320 e. The molecule has 1 aromatic rings. The molecule has 0 saturated carbocycles. The highest BCUT2D eigenvalue weighted by atomic mass is 35.5. The Morgan fingerprint density at radius 3 is 2.60 bits per heavy atom. The predicted octanol–water partition coefficient (Wildman–Crippen LogP) is 3.33. The van der Waals surface area contributed by atoms with Crippen molar-refractivity contribution in [2.75, 3.05) is 13.1 Å². The van der Waals surface area contributed by atoms with Crippen molar-refractivity contribution in [3.63, 3.8) is 0 Å².